The lowest BCUT2D eigenvalue weighted by Crippen LogP contribution is -2.44. The molecule has 1 aromatic rings. The van der Waals surface area contributed by atoms with E-state index in [0.29, 0.717) is 11.8 Å². The lowest BCUT2D eigenvalue weighted by atomic mass is 9.84. The molecule has 1 rings (SSSR count). The largest absolute Gasteiger partial charge is 0.375 e. The average molecular weight is 263 g/mol. The van der Waals surface area contributed by atoms with Crippen LogP contribution >= 0.6 is 0 Å². The van der Waals surface area contributed by atoms with E-state index >= 15 is 0 Å². The van der Waals surface area contributed by atoms with Crippen molar-refractivity contribution in [3.63, 3.8) is 0 Å². The number of carbonyl (C=O) groups is 1. The van der Waals surface area contributed by atoms with Crippen LogP contribution in [0.2, 0.25) is 0 Å². The summed E-state index contributed by atoms with van der Waals surface area (Å²) in [5, 5.41) is 0. The lowest BCUT2D eigenvalue weighted by Gasteiger charge is -2.30. The van der Waals surface area contributed by atoms with Gasteiger partial charge in [-0.05, 0) is 25.3 Å². The molecule has 3 heteroatoms. The van der Waals surface area contributed by atoms with Crippen molar-refractivity contribution in [1.82, 2.24) is 0 Å². The highest BCUT2D eigenvalue weighted by Crippen LogP contribution is 2.29. The molecule has 0 heterocycles. The molecule has 0 saturated heterocycles. The average Bonchev–Trinajstić information content (AvgIpc) is 2.37. The van der Waals surface area contributed by atoms with Crippen LogP contribution in [-0.2, 0) is 9.53 Å². The zero-order chi connectivity index (χ0) is 14.5. The van der Waals surface area contributed by atoms with Gasteiger partial charge in [0.15, 0.2) is 0 Å². The monoisotopic (exact) mass is 263 g/mol. The minimum absolute atomic E-state index is 0.0187. The summed E-state index contributed by atoms with van der Waals surface area (Å²) >= 11 is 0. The summed E-state index contributed by atoms with van der Waals surface area (Å²) in [6.45, 7) is 8.32. The molecule has 0 bridgehead atoms. The van der Waals surface area contributed by atoms with E-state index in [1.54, 1.807) is 6.92 Å². The van der Waals surface area contributed by atoms with Crippen molar-refractivity contribution in [3.8, 4) is 0 Å². The topological polar surface area (TPSA) is 52.3 Å². The van der Waals surface area contributed by atoms with Crippen molar-refractivity contribution in [2.75, 3.05) is 6.61 Å². The number of benzene rings is 1. The Morgan fingerprint density at radius 2 is 1.84 bits per heavy atom. The first-order valence-corrected chi connectivity index (χ1v) is 6.79. The van der Waals surface area contributed by atoms with Crippen molar-refractivity contribution in [3.05, 3.63) is 35.9 Å². The molecule has 0 unspecified atom stereocenters. The Balaban J connectivity index is 2.75. The standard InChI is InChI=1S/C16H25NO2/c1-12(2)15(14-8-6-5-7-9-14)13(3)19-11-16(4,17)10-18/h5-10,12-13,15H,11,17H2,1-4H3/t13-,15-,16-/m0/s1. The van der Waals surface area contributed by atoms with Gasteiger partial charge in [0, 0.05) is 5.92 Å². The Labute approximate surface area is 116 Å². The van der Waals surface area contributed by atoms with Crippen LogP contribution in [0.15, 0.2) is 30.3 Å². The molecule has 2 N–H and O–H groups in total. The molecule has 19 heavy (non-hydrogen) atoms. The molecule has 106 valence electrons. The molecule has 0 amide bonds. The second-order valence-electron chi connectivity index (χ2n) is 5.82. The number of rotatable bonds is 7. The first-order chi connectivity index (χ1) is 8.87. The number of ether oxygens (including phenoxy) is 1. The van der Waals surface area contributed by atoms with Gasteiger partial charge in [-0.1, -0.05) is 44.2 Å². The Hall–Kier alpha value is -1.19. The molecule has 0 saturated carbocycles. The summed E-state index contributed by atoms with van der Waals surface area (Å²) in [5.41, 5.74) is 6.14. The highest BCUT2D eigenvalue weighted by molar-refractivity contribution is 5.63. The predicted molar refractivity (Wildman–Crippen MR) is 78.1 cm³/mol. The summed E-state index contributed by atoms with van der Waals surface area (Å²) in [5.74, 6) is 0.751. The Bertz CT molecular complexity index is 387. The summed E-state index contributed by atoms with van der Waals surface area (Å²) in [7, 11) is 0. The molecular weight excluding hydrogens is 238 g/mol. The zero-order valence-corrected chi connectivity index (χ0v) is 12.3. The van der Waals surface area contributed by atoms with Crippen LogP contribution in [0.1, 0.15) is 39.2 Å². The van der Waals surface area contributed by atoms with Gasteiger partial charge in [0.05, 0.1) is 18.2 Å². The Morgan fingerprint density at radius 3 is 2.32 bits per heavy atom. The van der Waals surface area contributed by atoms with E-state index in [-0.39, 0.29) is 12.7 Å². The third-order valence-corrected chi connectivity index (χ3v) is 3.33. The van der Waals surface area contributed by atoms with Gasteiger partial charge < -0.3 is 15.3 Å². The van der Waals surface area contributed by atoms with Crippen LogP contribution < -0.4 is 5.73 Å². The smallest absolute Gasteiger partial charge is 0.141 e. The number of aldehydes is 1. The minimum atomic E-state index is -0.910. The highest BCUT2D eigenvalue weighted by atomic mass is 16.5. The van der Waals surface area contributed by atoms with Gasteiger partial charge in [-0.3, -0.25) is 0 Å². The lowest BCUT2D eigenvalue weighted by molar-refractivity contribution is -0.114. The highest BCUT2D eigenvalue weighted by Gasteiger charge is 2.26. The predicted octanol–water partition coefficient (Wildman–Crippen LogP) is 2.75. The Kier molecular flexibility index (Phi) is 5.70. The number of hydrogen-bond acceptors (Lipinski definition) is 3. The van der Waals surface area contributed by atoms with Gasteiger partial charge in [-0.25, -0.2) is 0 Å². The van der Waals surface area contributed by atoms with Gasteiger partial charge in [-0.2, -0.15) is 0 Å². The zero-order valence-electron chi connectivity index (χ0n) is 12.3. The van der Waals surface area contributed by atoms with Crippen LogP contribution in [-0.4, -0.2) is 24.5 Å². The van der Waals surface area contributed by atoms with E-state index in [9.17, 15) is 4.79 Å². The quantitative estimate of drug-likeness (QED) is 0.770. The fraction of sp³-hybridized carbons (Fsp3) is 0.562. The van der Waals surface area contributed by atoms with Gasteiger partial charge in [-0.15, -0.1) is 0 Å². The van der Waals surface area contributed by atoms with Crippen molar-refractivity contribution in [2.45, 2.75) is 45.3 Å². The Morgan fingerprint density at radius 1 is 1.26 bits per heavy atom. The van der Waals surface area contributed by atoms with Gasteiger partial charge in [0.25, 0.3) is 0 Å². The van der Waals surface area contributed by atoms with Crippen molar-refractivity contribution < 1.29 is 9.53 Å². The molecule has 0 spiro atoms. The van der Waals surface area contributed by atoms with E-state index in [1.807, 2.05) is 25.1 Å². The molecule has 3 nitrogen and oxygen atoms in total. The fourth-order valence-electron chi connectivity index (χ4n) is 2.32. The van der Waals surface area contributed by atoms with Gasteiger partial charge in [0.2, 0.25) is 0 Å². The van der Waals surface area contributed by atoms with Crippen LogP contribution in [0.4, 0.5) is 0 Å². The van der Waals surface area contributed by atoms with E-state index in [1.165, 1.54) is 5.56 Å². The maximum absolute atomic E-state index is 10.8. The van der Waals surface area contributed by atoms with Crippen LogP contribution in [0.25, 0.3) is 0 Å². The minimum Gasteiger partial charge on any atom is -0.375 e. The van der Waals surface area contributed by atoms with Crippen molar-refractivity contribution in [2.24, 2.45) is 11.7 Å². The molecule has 3 atom stereocenters. The fourth-order valence-corrected chi connectivity index (χ4v) is 2.32. The summed E-state index contributed by atoms with van der Waals surface area (Å²) in [6, 6.07) is 10.3. The molecule has 1 aromatic carbocycles. The van der Waals surface area contributed by atoms with Crippen LogP contribution in [0.3, 0.4) is 0 Å². The molecule has 0 aliphatic heterocycles. The molecule has 0 fully saturated rings. The third-order valence-electron chi connectivity index (χ3n) is 3.33. The molecule has 0 radical (unpaired) electrons. The first kappa shape index (κ1) is 15.9. The van der Waals surface area contributed by atoms with E-state index in [0.717, 1.165) is 6.29 Å². The number of nitrogens with two attached hydrogens (primary N) is 1. The maximum atomic E-state index is 10.8. The molecular formula is C16H25NO2. The van der Waals surface area contributed by atoms with Crippen LogP contribution in [0.5, 0.6) is 0 Å². The normalized spacial score (nSPS) is 17.8. The third kappa shape index (κ3) is 4.77. The molecule has 0 aliphatic rings. The second-order valence-corrected chi connectivity index (χ2v) is 5.82. The molecule has 0 aliphatic carbocycles. The van der Waals surface area contributed by atoms with Crippen molar-refractivity contribution >= 4 is 6.29 Å². The number of hydrogen-bond donors (Lipinski definition) is 1. The summed E-state index contributed by atoms with van der Waals surface area (Å²) in [6.07, 6.45) is 0.761. The van der Waals surface area contributed by atoms with E-state index in [2.05, 4.69) is 26.0 Å². The van der Waals surface area contributed by atoms with Crippen molar-refractivity contribution in [1.29, 1.82) is 0 Å². The van der Waals surface area contributed by atoms with Gasteiger partial charge >= 0.3 is 0 Å². The molecule has 0 aromatic heterocycles. The second kappa shape index (κ2) is 6.83. The van der Waals surface area contributed by atoms with E-state index in [4.69, 9.17) is 10.5 Å². The maximum Gasteiger partial charge on any atom is 0.141 e. The van der Waals surface area contributed by atoms with E-state index < -0.39 is 5.54 Å². The SMILES string of the molecule is CC(C)[C@H](c1ccccc1)[C@H](C)OC[C@@](C)(N)C=O. The number of carbonyl (C=O) groups excluding carboxylic acids is 1. The first-order valence-electron chi connectivity index (χ1n) is 6.79. The summed E-state index contributed by atoms with van der Waals surface area (Å²) in [4.78, 5) is 10.8. The van der Waals surface area contributed by atoms with Gasteiger partial charge in [0.1, 0.15) is 6.29 Å². The van der Waals surface area contributed by atoms with Crippen LogP contribution in [0, 0.1) is 5.92 Å². The summed E-state index contributed by atoms with van der Waals surface area (Å²) < 4.78 is 5.82.